The quantitative estimate of drug-likeness (QED) is 0.753. The zero-order valence-electron chi connectivity index (χ0n) is 10.4. The summed E-state index contributed by atoms with van der Waals surface area (Å²) in [6.07, 6.45) is 2.29. The Labute approximate surface area is 97.5 Å². The molecule has 2 rings (SSSR count). The maximum atomic E-state index is 5.54. The molecule has 1 unspecified atom stereocenters. The molecule has 0 saturated heterocycles. The predicted molar refractivity (Wildman–Crippen MR) is 69.1 cm³/mol. The number of hydrogen-bond acceptors (Lipinski definition) is 2. The monoisotopic (exact) mass is 217 g/mol. The van der Waals surface area contributed by atoms with Crippen molar-refractivity contribution in [2.75, 3.05) is 18.6 Å². The van der Waals surface area contributed by atoms with Gasteiger partial charge < -0.3 is 9.64 Å². The molecule has 2 nitrogen and oxygen atoms in total. The molecule has 0 fully saturated rings. The molecule has 0 aromatic heterocycles. The predicted octanol–water partition coefficient (Wildman–Crippen LogP) is 3.33. The summed E-state index contributed by atoms with van der Waals surface area (Å²) in [4.78, 5) is 2.29. The Morgan fingerprint density at radius 1 is 1.38 bits per heavy atom. The topological polar surface area (TPSA) is 12.5 Å². The molecular weight excluding hydrogens is 198 g/mol. The molecule has 1 aromatic carbocycles. The van der Waals surface area contributed by atoms with E-state index in [1.165, 1.54) is 16.8 Å². The van der Waals surface area contributed by atoms with Crippen LogP contribution in [0.5, 0.6) is 5.75 Å². The first-order chi connectivity index (χ1) is 7.63. The van der Waals surface area contributed by atoms with Gasteiger partial charge in [-0.3, -0.25) is 0 Å². The molecule has 1 aliphatic heterocycles. The van der Waals surface area contributed by atoms with Crippen molar-refractivity contribution in [2.24, 2.45) is 0 Å². The molecule has 86 valence electrons. The molecule has 1 aliphatic rings. The van der Waals surface area contributed by atoms with Gasteiger partial charge in [0.1, 0.15) is 5.75 Å². The molecule has 2 heteroatoms. The first kappa shape index (κ1) is 11.1. The minimum absolute atomic E-state index is 0.463. The third kappa shape index (κ3) is 1.80. The minimum atomic E-state index is 0.463. The highest BCUT2D eigenvalue weighted by Crippen LogP contribution is 2.35. The number of fused-ring (bicyclic) bond motifs is 1. The SMILES string of the molecule is CCOc1ccc2c(c1)C(C)=CC(C)N2C. The first-order valence-corrected chi connectivity index (χ1v) is 5.82. The summed E-state index contributed by atoms with van der Waals surface area (Å²) < 4.78 is 5.54. The number of anilines is 1. The summed E-state index contributed by atoms with van der Waals surface area (Å²) in [5.41, 5.74) is 3.91. The maximum Gasteiger partial charge on any atom is 0.120 e. The van der Waals surface area contributed by atoms with Crippen molar-refractivity contribution in [2.45, 2.75) is 26.8 Å². The summed E-state index contributed by atoms with van der Waals surface area (Å²) in [7, 11) is 2.13. The van der Waals surface area contributed by atoms with Crippen LogP contribution >= 0.6 is 0 Å². The van der Waals surface area contributed by atoms with Crippen LogP contribution in [-0.4, -0.2) is 19.7 Å². The van der Waals surface area contributed by atoms with Gasteiger partial charge in [-0.05, 0) is 44.5 Å². The van der Waals surface area contributed by atoms with Gasteiger partial charge in [-0.25, -0.2) is 0 Å². The normalized spacial score (nSPS) is 19.1. The van der Waals surface area contributed by atoms with E-state index in [-0.39, 0.29) is 0 Å². The van der Waals surface area contributed by atoms with Crippen LogP contribution in [0.25, 0.3) is 5.57 Å². The fourth-order valence-electron chi connectivity index (χ4n) is 2.18. The molecular formula is C14H19NO. The van der Waals surface area contributed by atoms with Crippen LogP contribution in [0.4, 0.5) is 5.69 Å². The van der Waals surface area contributed by atoms with Crippen molar-refractivity contribution in [1.82, 2.24) is 0 Å². The molecule has 0 N–H and O–H groups in total. The van der Waals surface area contributed by atoms with E-state index in [0.29, 0.717) is 12.6 Å². The molecule has 0 bridgehead atoms. The van der Waals surface area contributed by atoms with Crippen LogP contribution in [0, 0.1) is 0 Å². The molecule has 0 aliphatic carbocycles. The highest BCUT2D eigenvalue weighted by Gasteiger charge is 2.19. The summed E-state index contributed by atoms with van der Waals surface area (Å²) in [6, 6.07) is 6.79. The summed E-state index contributed by atoms with van der Waals surface area (Å²) >= 11 is 0. The van der Waals surface area contributed by atoms with E-state index in [4.69, 9.17) is 4.74 Å². The second-order valence-electron chi connectivity index (χ2n) is 4.31. The van der Waals surface area contributed by atoms with Crippen molar-refractivity contribution in [3.8, 4) is 5.75 Å². The van der Waals surface area contributed by atoms with E-state index in [9.17, 15) is 0 Å². The van der Waals surface area contributed by atoms with Gasteiger partial charge in [0.25, 0.3) is 0 Å². The van der Waals surface area contributed by atoms with Gasteiger partial charge in [-0.1, -0.05) is 6.08 Å². The molecule has 1 aromatic rings. The van der Waals surface area contributed by atoms with Crippen molar-refractivity contribution in [3.05, 3.63) is 29.8 Å². The van der Waals surface area contributed by atoms with Gasteiger partial charge in [-0.2, -0.15) is 0 Å². The second-order valence-corrected chi connectivity index (χ2v) is 4.31. The van der Waals surface area contributed by atoms with Crippen molar-refractivity contribution < 1.29 is 4.74 Å². The van der Waals surface area contributed by atoms with Gasteiger partial charge in [0.05, 0.1) is 6.61 Å². The standard InChI is InChI=1S/C14H19NO/c1-5-16-12-6-7-14-13(9-12)10(2)8-11(3)15(14)4/h6-9,11H,5H2,1-4H3. The Bertz CT molecular complexity index is 423. The highest BCUT2D eigenvalue weighted by atomic mass is 16.5. The third-order valence-electron chi connectivity index (χ3n) is 3.19. The third-order valence-corrected chi connectivity index (χ3v) is 3.19. The Morgan fingerprint density at radius 3 is 2.81 bits per heavy atom. The fraction of sp³-hybridized carbons (Fsp3) is 0.429. The van der Waals surface area contributed by atoms with E-state index < -0.39 is 0 Å². The van der Waals surface area contributed by atoms with Crippen molar-refractivity contribution in [1.29, 1.82) is 0 Å². The molecule has 16 heavy (non-hydrogen) atoms. The Hall–Kier alpha value is -1.44. The van der Waals surface area contributed by atoms with Gasteiger partial charge in [0.2, 0.25) is 0 Å². The Balaban J connectivity index is 2.45. The summed E-state index contributed by atoms with van der Waals surface area (Å²) in [5.74, 6) is 0.956. The van der Waals surface area contributed by atoms with E-state index in [2.05, 4.69) is 44.0 Å². The number of ether oxygens (including phenoxy) is 1. The van der Waals surface area contributed by atoms with Crippen LogP contribution in [0.2, 0.25) is 0 Å². The van der Waals surface area contributed by atoms with Crippen LogP contribution in [0.3, 0.4) is 0 Å². The maximum absolute atomic E-state index is 5.54. The molecule has 1 atom stereocenters. The zero-order valence-corrected chi connectivity index (χ0v) is 10.4. The molecule has 1 heterocycles. The largest absolute Gasteiger partial charge is 0.494 e. The fourth-order valence-corrected chi connectivity index (χ4v) is 2.18. The van der Waals surface area contributed by atoms with E-state index in [1.54, 1.807) is 0 Å². The van der Waals surface area contributed by atoms with Gasteiger partial charge in [0.15, 0.2) is 0 Å². The zero-order chi connectivity index (χ0) is 11.7. The number of hydrogen-bond donors (Lipinski definition) is 0. The lowest BCUT2D eigenvalue weighted by Crippen LogP contribution is -2.30. The van der Waals surface area contributed by atoms with Gasteiger partial charge in [-0.15, -0.1) is 0 Å². The summed E-state index contributed by atoms with van der Waals surface area (Å²) in [6.45, 7) is 7.10. The highest BCUT2D eigenvalue weighted by molar-refractivity contribution is 5.80. The lowest BCUT2D eigenvalue weighted by atomic mass is 9.97. The number of benzene rings is 1. The molecule has 0 spiro atoms. The number of rotatable bonds is 2. The summed E-state index contributed by atoms with van der Waals surface area (Å²) in [5, 5.41) is 0. The lowest BCUT2D eigenvalue weighted by molar-refractivity contribution is 0.340. The Morgan fingerprint density at radius 2 is 2.12 bits per heavy atom. The number of likely N-dealkylation sites (N-methyl/N-ethyl adjacent to an activating group) is 1. The van der Waals surface area contributed by atoms with Crippen LogP contribution in [-0.2, 0) is 0 Å². The molecule has 0 radical (unpaired) electrons. The Kier molecular flexibility index (Phi) is 2.90. The van der Waals surface area contributed by atoms with Crippen molar-refractivity contribution in [3.63, 3.8) is 0 Å². The van der Waals surface area contributed by atoms with E-state index >= 15 is 0 Å². The average molecular weight is 217 g/mol. The smallest absolute Gasteiger partial charge is 0.120 e. The van der Waals surface area contributed by atoms with Gasteiger partial charge in [0, 0.05) is 24.3 Å². The van der Waals surface area contributed by atoms with Crippen LogP contribution < -0.4 is 9.64 Å². The number of allylic oxidation sites excluding steroid dienone is 1. The lowest BCUT2D eigenvalue weighted by Gasteiger charge is -2.32. The molecule has 0 saturated carbocycles. The van der Waals surface area contributed by atoms with Gasteiger partial charge >= 0.3 is 0 Å². The van der Waals surface area contributed by atoms with Crippen LogP contribution in [0.1, 0.15) is 26.3 Å². The number of nitrogens with zero attached hydrogens (tertiary/aromatic N) is 1. The first-order valence-electron chi connectivity index (χ1n) is 5.82. The molecule has 0 amide bonds. The van der Waals surface area contributed by atoms with Crippen molar-refractivity contribution >= 4 is 11.3 Å². The van der Waals surface area contributed by atoms with E-state index in [0.717, 1.165) is 5.75 Å². The minimum Gasteiger partial charge on any atom is -0.494 e. The van der Waals surface area contributed by atoms with E-state index in [1.807, 2.05) is 13.0 Å². The average Bonchev–Trinajstić information content (AvgIpc) is 2.27. The van der Waals surface area contributed by atoms with Crippen LogP contribution in [0.15, 0.2) is 24.3 Å². The second kappa shape index (κ2) is 4.20.